The Kier molecular flexibility index (Phi) is 4.54. The van der Waals surface area contributed by atoms with Gasteiger partial charge in [0, 0.05) is 18.6 Å². The second-order valence-corrected chi connectivity index (χ2v) is 5.60. The minimum Gasteiger partial charge on any atom is -0.497 e. The molecule has 0 amide bonds. The Balaban J connectivity index is 1.56. The number of methoxy groups -OCH3 is 1. The molecule has 0 spiro atoms. The molecule has 22 heavy (non-hydrogen) atoms. The largest absolute Gasteiger partial charge is 0.497 e. The predicted octanol–water partition coefficient (Wildman–Crippen LogP) is 3.97. The first kappa shape index (κ1) is 14.8. The third kappa shape index (κ3) is 3.20. The first-order valence-electron chi connectivity index (χ1n) is 7.60. The number of ketones is 1. The van der Waals surface area contributed by atoms with E-state index in [-0.39, 0.29) is 11.7 Å². The first-order valence-corrected chi connectivity index (χ1v) is 7.60. The van der Waals surface area contributed by atoms with Crippen molar-refractivity contribution in [2.75, 3.05) is 13.7 Å². The van der Waals surface area contributed by atoms with Gasteiger partial charge in [0.15, 0.2) is 5.78 Å². The van der Waals surface area contributed by atoms with Crippen molar-refractivity contribution >= 4 is 5.78 Å². The maximum absolute atomic E-state index is 12.1. The maximum atomic E-state index is 12.1. The van der Waals surface area contributed by atoms with E-state index >= 15 is 0 Å². The fourth-order valence-corrected chi connectivity index (χ4v) is 2.95. The van der Waals surface area contributed by atoms with Crippen LogP contribution in [0.4, 0.5) is 0 Å². The highest BCUT2D eigenvalue weighted by atomic mass is 16.5. The topological polar surface area (TPSA) is 35.5 Å². The molecule has 0 heterocycles. The Morgan fingerprint density at radius 1 is 1.14 bits per heavy atom. The Labute approximate surface area is 130 Å². The molecule has 1 aliphatic rings. The van der Waals surface area contributed by atoms with Gasteiger partial charge in [0.2, 0.25) is 0 Å². The van der Waals surface area contributed by atoms with Crippen LogP contribution in [-0.2, 0) is 11.3 Å². The van der Waals surface area contributed by atoms with Gasteiger partial charge in [-0.25, -0.2) is 0 Å². The van der Waals surface area contributed by atoms with Crippen LogP contribution in [-0.4, -0.2) is 19.5 Å². The van der Waals surface area contributed by atoms with E-state index in [0.717, 1.165) is 23.3 Å². The summed E-state index contributed by atoms with van der Waals surface area (Å²) in [6, 6.07) is 15.9. The normalized spacial score (nSPS) is 16.6. The monoisotopic (exact) mass is 296 g/mol. The van der Waals surface area contributed by atoms with Crippen LogP contribution in [0.25, 0.3) is 0 Å². The molecule has 3 heteroatoms. The zero-order chi connectivity index (χ0) is 15.4. The Bertz CT molecular complexity index is 649. The van der Waals surface area contributed by atoms with E-state index in [2.05, 4.69) is 12.1 Å². The number of hydrogen-bond donors (Lipinski definition) is 0. The number of Topliss-reactive ketones (excluding diaryl/α,β-unsaturated/α-hetero) is 1. The summed E-state index contributed by atoms with van der Waals surface area (Å²) in [5, 5.41) is 0. The second-order valence-electron chi connectivity index (χ2n) is 5.60. The van der Waals surface area contributed by atoms with Crippen LogP contribution in [0.15, 0.2) is 48.5 Å². The number of benzene rings is 2. The highest BCUT2D eigenvalue weighted by Gasteiger charge is 2.29. The van der Waals surface area contributed by atoms with Gasteiger partial charge in [0.05, 0.1) is 13.7 Å². The van der Waals surface area contributed by atoms with Gasteiger partial charge in [-0.2, -0.15) is 0 Å². The van der Waals surface area contributed by atoms with Gasteiger partial charge >= 0.3 is 0 Å². The van der Waals surface area contributed by atoms with E-state index in [1.165, 1.54) is 5.56 Å². The summed E-state index contributed by atoms with van der Waals surface area (Å²) in [4.78, 5) is 12.1. The highest BCUT2D eigenvalue weighted by Crippen LogP contribution is 2.37. The summed E-state index contributed by atoms with van der Waals surface area (Å²) in [5.74, 6) is 1.22. The molecule has 2 aromatic rings. The molecular weight excluding hydrogens is 276 g/mol. The van der Waals surface area contributed by atoms with Crippen molar-refractivity contribution < 1.29 is 14.3 Å². The van der Waals surface area contributed by atoms with Crippen molar-refractivity contribution in [2.24, 2.45) is 0 Å². The van der Waals surface area contributed by atoms with Crippen LogP contribution in [0.2, 0.25) is 0 Å². The molecule has 1 atom stereocenters. The molecule has 1 unspecified atom stereocenters. The third-order valence-corrected chi connectivity index (χ3v) is 4.15. The maximum Gasteiger partial charge on any atom is 0.163 e. The summed E-state index contributed by atoms with van der Waals surface area (Å²) in [6.45, 7) is 1.29. The molecule has 114 valence electrons. The van der Waals surface area contributed by atoms with E-state index in [4.69, 9.17) is 9.47 Å². The number of carbonyl (C=O) groups is 1. The van der Waals surface area contributed by atoms with Crippen LogP contribution in [0, 0.1) is 0 Å². The van der Waals surface area contributed by atoms with Crippen LogP contribution in [0.5, 0.6) is 5.75 Å². The molecule has 2 aromatic carbocycles. The summed E-state index contributed by atoms with van der Waals surface area (Å²) in [6.07, 6.45) is 1.45. The van der Waals surface area contributed by atoms with Crippen molar-refractivity contribution in [3.63, 3.8) is 0 Å². The lowest BCUT2D eigenvalue weighted by atomic mass is 9.98. The fourth-order valence-electron chi connectivity index (χ4n) is 2.95. The van der Waals surface area contributed by atoms with Crippen molar-refractivity contribution in [3.8, 4) is 5.75 Å². The van der Waals surface area contributed by atoms with Crippen molar-refractivity contribution in [2.45, 2.75) is 25.4 Å². The van der Waals surface area contributed by atoms with Gasteiger partial charge in [-0.3, -0.25) is 4.79 Å². The Hall–Kier alpha value is -2.13. The molecule has 0 N–H and O–H groups in total. The Morgan fingerprint density at radius 2 is 1.95 bits per heavy atom. The molecule has 3 nitrogen and oxygen atoms in total. The molecule has 1 aliphatic carbocycles. The number of ether oxygens (including phenoxy) is 2. The smallest absolute Gasteiger partial charge is 0.163 e. The van der Waals surface area contributed by atoms with E-state index in [0.29, 0.717) is 19.6 Å². The molecule has 0 saturated carbocycles. The standard InChI is InChI=1S/C19H20O3/c1-21-16-7-8-17-15(11-19(20)18(17)12-16)9-10-22-13-14-5-3-2-4-6-14/h2-8,12,15H,9-11,13H2,1H3. The molecule has 0 fully saturated rings. The SMILES string of the molecule is COc1ccc2c(c1)C(=O)CC2CCOCc1ccccc1. The van der Waals surface area contributed by atoms with Crippen molar-refractivity contribution in [3.05, 3.63) is 65.2 Å². The zero-order valence-electron chi connectivity index (χ0n) is 12.7. The van der Waals surface area contributed by atoms with Crippen molar-refractivity contribution in [1.29, 1.82) is 0 Å². The predicted molar refractivity (Wildman–Crippen MR) is 85.4 cm³/mol. The van der Waals surface area contributed by atoms with Crippen LogP contribution >= 0.6 is 0 Å². The Morgan fingerprint density at radius 3 is 2.73 bits per heavy atom. The molecule has 3 rings (SSSR count). The number of fused-ring (bicyclic) bond motifs is 1. The second kappa shape index (κ2) is 6.75. The molecule has 0 bridgehead atoms. The summed E-state index contributed by atoms with van der Waals surface area (Å²) in [7, 11) is 1.62. The lowest BCUT2D eigenvalue weighted by Crippen LogP contribution is -2.02. The number of hydrogen-bond acceptors (Lipinski definition) is 3. The van der Waals surface area contributed by atoms with Crippen molar-refractivity contribution in [1.82, 2.24) is 0 Å². The number of rotatable bonds is 6. The van der Waals surface area contributed by atoms with Crippen LogP contribution in [0.1, 0.15) is 40.2 Å². The fraction of sp³-hybridized carbons (Fsp3) is 0.316. The number of carbonyl (C=O) groups excluding carboxylic acids is 1. The lowest BCUT2D eigenvalue weighted by Gasteiger charge is -2.11. The molecule has 0 aromatic heterocycles. The minimum absolute atomic E-state index is 0.210. The van der Waals surface area contributed by atoms with Gasteiger partial charge in [-0.15, -0.1) is 0 Å². The van der Waals surface area contributed by atoms with Gasteiger partial charge in [0.1, 0.15) is 5.75 Å². The van der Waals surface area contributed by atoms with Gasteiger partial charge in [-0.05, 0) is 35.6 Å². The van der Waals surface area contributed by atoms with E-state index < -0.39 is 0 Å². The van der Waals surface area contributed by atoms with Gasteiger partial charge in [0.25, 0.3) is 0 Å². The molecule has 0 aliphatic heterocycles. The lowest BCUT2D eigenvalue weighted by molar-refractivity contribution is 0.0965. The quantitative estimate of drug-likeness (QED) is 0.757. The van der Waals surface area contributed by atoms with Gasteiger partial charge in [-0.1, -0.05) is 36.4 Å². The summed E-state index contributed by atoms with van der Waals surface area (Å²) in [5.41, 5.74) is 3.12. The minimum atomic E-state index is 0.210. The highest BCUT2D eigenvalue weighted by molar-refractivity contribution is 6.01. The van der Waals surface area contributed by atoms with Crippen LogP contribution < -0.4 is 4.74 Å². The molecule has 0 radical (unpaired) electrons. The molecule has 0 saturated heterocycles. The van der Waals surface area contributed by atoms with E-state index in [9.17, 15) is 4.79 Å². The zero-order valence-corrected chi connectivity index (χ0v) is 12.7. The van der Waals surface area contributed by atoms with E-state index in [1.54, 1.807) is 7.11 Å². The average Bonchev–Trinajstić information content (AvgIpc) is 2.88. The van der Waals surface area contributed by atoms with Crippen LogP contribution in [0.3, 0.4) is 0 Å². The summed E-state index contributed by atoms with van der Waals surface area (Å²) < 4.78 is 10.9. The molecular formula is C19H20O3. The third-order valence-electron chi connectivity index (χ3n) is 4.15. The van der Waals surface area contributed by atoms with E-state index in [1.807, 2.05) is 36.4 Å². The first-order chi connectivity index (χ1) is 10.8. The average molecular weight is 296 g/mol. The summed E-state index contributed by atoms with van der Waals surface area (Å²) >= 11 is 0. The van der Waals surface area contributed by atoms with Gasteiger partial charge < -0.3 is 9.47 Å².